The molecule has 3 heterocycles. The summed E-state index contributed by atoms with van der Waals surface area (Å²) in [4.78, 5) is 19.4. The lowest BCUT2D eigenvalue weighted by Crippen LogP contribution is -2.51. The topological polar surface area (TPSA) is 71.9 Å². The highest BCUT2D eigenvalue weighted by Gasteiger charge is 2.48. The van der Waals surface area contributed by atoms with Gasteiger partial charge in [-0.2, -0.15) is 0 Å². The minimum absolute atomic E-state index is 0.0325. The van der Waals surface area contributed by atoms with E-state index in [1.165, 1.54) is 6.20 Å². The summed E-state index contributed by atoms with van der Waals surface area (Å²) >= 11 is 6.32. The van der Waals surface area contributed by atoms with Crippen LogP contribution in [-0.2, 0) is 6.54 Å². The van der Waals surface area contributed by atoms with Gasteiger partial charge in [0, 0.05) is 12.1 Å². The number of fused-ring (bicyclic) bond motifs is 2. The standard InChI is InChI=1S/C23H23ClN2O4/c1-23(2,28)20(14-6-7-14)26-11-15-5-3-4-13(18(15)22(26)27)8-9-16-17(24)10-25-21-19(16)29-12-30-21/h3-5,8-10,14,20,28H,6-7,11-12H2,1-2H3/b9-8+/t20-/m0/s1. The largest absolute Gasteiger partial charge is 0.451 e. The number of halogens is 1. The van der Waals surface area contributed by atoms with E-state index in [1.807, 2.05) is 35.3 Å². The molecule has 1 N–H and O–H groups in total. The van der Waals surface area contributed by atoms with Crippen LogP contribution in [0, 0.1) is 5.92 Å². The summed E-state index contributed by atoms with van der Waals surface area (Å²) < 4.78 is 10.8. The average molecular weight is 427 g/mol. The summed E-state index contributed by atoms with van der Waals surface area (Å²) in [5.74, 6) is 1.25. The quantitative estimate of drug-likeness (QED) is 0.778. The number of benzene rings is 1. The molecular formula is C23H23ClN2O4. The van der Waals surface area contributed by atoms with E-state index in [9.17, 15) is 9.90 Å². The third-order valence-corrected chi connectivity index (χ3v) is 6.25. The van der Waals surface area contributed by atoms with Gasteiger partial charge >= 0.3 is 0 Å². The first-order valence-corrected chi connectivity index (χ1v) is 10.5. The average Bonchev–Trinajstić information content (AvgIpc) is 3.29. The number of pyridine rings is 1. The Labute approximate surface area is 180 Å². The van der Waals surface area contributed by atoms with Crippen molar-refractivity contribution in [3.05, 3.63) is 51.7 Å². The van der Waals surface area contributed by atoms with Crippen LogP contribution in [0.4, 0.5) is 0 Å². The van der Waals surface area contributed by atoms with E-state index in [2.05, 4.69) is 4.98 Å². The molecule has 0 saturated heterocycles. The summed E-state index contributed by atoms with van der Waals surface area (Å²) in [5, 5.41) is 11.2. The van der Waals surface area contributed by atoms with Crippen molar-refractivity contribution in [2.45, 2.75) is 44.9 Å². The first-order chi connectivity index (χ1) is 14.3. The van der Waals surface area contributed by atoms with Gasteiger partial charge in [0.1, 0.15) is 0 Å². The Morgan fingerprint density at radius 3 is 2.83 bits per heavy atom. The van der Waals surface area contributed by atoms with E-state index < -0.39 is 5.60 Å². The zero-order valence-electron chi connectivity index (χ0n) is 16.9. The monoisotopic (exact) mass is 426 g/mol. The zero-order valence-corrected chi connectivity index (χ0v) is 17.6. The van der Waals surface area contributed by atoms with Crippen LogP contribution in [0.5, 0.6) is 11.6 Å². The molecule has 7 heteroatoms. The molecule has 2 aliphatic heterocycles. The van der Waals surface area contributed by atoms with Crippen LogP contribution < -0.4 is 9.47 Å². The summed E-state index contributed by atoms with van der Waals surface area (Å²) in [7, 11) is 0. The number of ether oxygens (including phenoxy) is 2. The predicted octanol–water partition coefficient (Wildman–Crippen LogP) is 4.14. The second-order valence-corrected chi connectivity index (χ2v) is 9.05. The van der Waals surface area contributed by atoms with Crippen LogP contribution >= 0.6 is 11.6 Å². The van der Waals surface area contributed by atoms with Gasteiger partial charge in [0.25, 0.3) is 11.8 Å². The van der Waals surface area contributed by atoms with Crippen molar-refractivity contribution < 1.29 is 19.4 Å². The summed E-state index contributed by atoms with van der Waals surface area (Å²) in [6.07, 6.45) is 7.34. The van der Waals surface area contributed by atoms with E-state index in [0.717, 1.165) is 24.0 Å². The molecule has 156 valence electrons. The summed E-state index contributed by atoms with van der Waals surface area (Å²) in [5.41, 5.74) is 2.19. The van der Waals surface area contributed by atoms with Crippen molar-refractivity contribution in [3.63, 3.8) is 0 Å². The SMILES string of the molecule is CC(C)(O)[C@H](C1CC1)N1Cc2cccc(/C=C/c3c(Cl)cnc4c3OCO4)c2C1=O. The maximum absolute atomic E-state index is 13.4. The minimum Gasteiger partial charge on any atom is -0.451 e. The number of rotatable bonds is 5. The van der Waals surface area contributed by atoms with Crippen LogP contribution in [0.15, 0.2) is 24.4 Å². The van der Waals surface area contributed by atoms with Crippen LogP contribution in [0.1, 0.15) is 53.7 Å². The third kappa shape index (κ3) is 3.24. The van der Waals surface area contributed by atoms with Crippen molar-refractivity contribution >= 4 is 29.7 Å². The van der Waals surface area contributed by atoms with Gasteiger partial charge in [-0.25, -0.2) is 4.98 Å². The third-order valence-electron chi connectivity index (χ3n) is 5.95. The highest BCUT2D eigenvalue weighted by atomic mass is 35.5. The maximum Gasteiger partial charge on any atom is 0.260 e. The molecule has 6 nitrogen and oxygen atoms in total. The molecular weight excluding hydrogens is 404 g/mol. The van der Waals surface area contributed by atoms with Gasteiger partial charge in [0.15, 0.2) is 5.75 Å². The number of carbonyl (C=O) groups excluding carboxylic acids is 1. The molecule has 1 fully saturated rings. The molecule has 1 aliphatic carbocycles. The first kappa shape index (κ1) is 19.4. The Hall–Kier alpha value is -2.57. The molecule has 1 aromatic heterocycles. The van der Waals surface area contributed by atoms with Crippen LogP contribution in [0.3, 0.4) is 0 Å². The van der Waals surface area contributed by atoms with Gasteiger partial charge in [0.2, 0.25) is 6.79 Å². The maximum atomic E-state index is 13.4. The van der Waals surface area contributed by atoms with Crippen molar-refractivity contribution in [1.29, 1.82) is 0 Å². The highest BCUT2D eigenvalue weighted by molar-refractivity contribution is 6.32. The first-order valence-electron chi connectivity index (χ1n) is 10.1. The number of hydrogen-bond acceptors (Lipinski definition) is 5. The summed E-state index contributed by atoms with van der Waals surface area (Å²) in [6, 6.07) is 5.66. The molecule has 5 rings (SSSR count). The van der Waals surface area contributed by atoms with Crippen molar-refractivity contribution in [1.82, 2.24) is 9.88 Å². The molecule has 0 unspecified atom stereocenters. The fraction of sp³-hybridized carbons (Fsp3) is 0.391. The molecule has 2 aromatic rings. The van der Waals surface area contributed by atoms with E-state index in [0.29, 0.717) is 40.2 Å². The van der Waals surface area contributed by atoms with Gasteiger partial charge in [-0.1, -0.05) is 35.9 Å². The number of aliphatic hydroxyl groups is 1. The fourth-order valence-electron chi connectivity index (χ4n) is 4.58. The van der Waals surface area contributed by atoms with Crippen LogP contribution in [0.2, 0.25) is 5.02 Å². The second kappa shape index (κ2) is 7.00. The molecule has 1 amide bonds. The smallest absolute Gasteiger partial charge is 0.260 e. The van der Waals surface area contributed by atoms with E-state index >= 15 is 0 Å². The second-order valence-electron chi connectivity index (χ2n) is 8.64. The number of carbonyl (C=O) groups is 1. The number of aromatic nitrogens is 1. The van der Waals surface area contributed by atoms with Crippen molar-refractivity contribution in [2.75, 3.05) is 6.79 Å². The Morgan fingerprint density at radius 1 is 1.30 bits per heavy atom. The number of nitrogens with zero attached hydrogens (tertiary/aromatic N) is 2. The zero-order chi connectivity index (χ0) is 21.0. The fourth-order valence-corrected chi connectivity index (χ4v) is 4.78. The Kier molecular flexibility index (Phi) is 4.52. The predicted molar refractivity (Wildman–Crippen MR) is 113 cm³/mol. The molecule has 1 atom stereocenters. The van der Waals surface area contributed by atoms with Gasteiger partial charge in [0.05, 0.1) is 28.4 Å². The number of hydrogen-bond donors (Lipinski definition) is 1. The molecule has 0 radical (unpaired) electrons. The Morgan fingerprint density at radius 2 is 2.10 bits per heavy atom. The molecule has 30 heavy (non-hydrogen) atoms. The van der Waals surface area contributed by atoms with Gasteiger partial charge in [-0.15, -0.1) is 0 Å². The normalized spacial score (nSPS) is 18.9. The highest BCUT2D eigenvalue weighted by Crippen LogP contribution is 2.44. The number of amides is 1. The minimum atomic E-state index is -0.947. The van der Waals surface area contributed by atoms with Gasteiger partial charge < -0.3 is 19.5 Å². The van der Waals surface area contributed by atoms with Crippen molar-refractivity contribution in [2.24, 2.45) is 5.92 Å². The molecule has 1 aromatic carbocycles. The molecule has 0 spiro atoms. The summed E-state index contributed by atoms with van der Waals surface area (Å²) in [6.45, 7) is 4.21. The van der Waals surface area contributed by atoms with Gasteiger partial charge in [-0.3, -0.25) is 4.79 Å². The lowest BCUT2D eigenvalue weighted by molar-refractivity contribution is -0.0224. The Bertz CT molecular complexity index is 1060. The lowest BCUT2D eigenvalue weighted by atomic mass is 9.93. The Balaban J connectivity index is 1.49. The van der Waals surface area contributed by atoms with Gasteiger partial charge in [-0.05, 0) is 49.8 Å². The van der Waals surface area contributed by atoms with Crippen LogP contribution in [-0.4, -0.2) is 39.3 Å². The van der Waals surface area contributed by atoms with E-state index in [-0.39, 0.29) is 18.7 Å². The van der Waals surface area contributed by atoms with E-state index in [4.69, 9.17) is 21.1 Å². The van der Waals surface area contributed by atoms with Crippen molar-refractivity contribution in [3.8, 4) is 11.6 Å². The lowest BCUT2D eigenvalue weighted by Gasteiger charge is -2.37. The van der Waals surface area contributed by atoms with E-state index in [1.54, 1.807) is 13.8 Å². The molecule has 3 aliphatic rings. The van der Waals surface area contributed by atoms with Crippen LogP contribution in [0.25, 0.3) is 12.2 Å². The molecule has 0 bridgehead atoms. The molecule has 1 saturated carbocycles.